The highest BCUT2D eigenvalue weighted by molar-refractivity contribution is 7.98. The van der Waals surface area contributed by atoms with Gasteiger partial charge in [-0.1, -0.05) is 36.4 Å². The van der Waals surface area contributed by atoms with E-state index in [0.717, 1.165) is 41.2 Å². The van der Waals surface area contributed by atoms with Crippen LogP contribution in [0, 0.1) is 0 Å². The number of aromatic nitrogens is 2. The normalized spacial score (nSPS) is 11.2. The summed E-state index contributed by atoms with van der Waals surface area (Å²) in [5, 5.41) is 10.7. The van der Waals surface area contributed by atoms with Crippen molar-refractivity contribution >= 4 is 22.5 Å². The summed E-state index contributed by atoms with van der Waals surface area (Å²) in [6, 6.07) is 22.2. The van der Waals surface area contributed by atoms with Crippen LogP contribution in [0.2, 0.25) is 0 Å². The second kappa shape index (κ2) is 11.7. The quantitative estimate of drug-likeness (QED) is 0.256. The van der Waals surface area contributed by atoms with E-state index in [4.69, 9.17) is 13.9 Å². The lowest BCUT2D eigenvalue weighted by Crippen LogP contribution is -2.15. The number of nitrogens with zero attached hydrogens (tertiary/aromatic N) is 3. The molecule has 0 amide bonds. The first kappa shape index (κ1) is 23.1. The van der Waals surface area contributed by atoms with Crippen molar-refractivity contribution in [1.29, 1.82) is 0 Å². The minimum absolute atomic E-state index is 0.525. The Morgan fingerprint density at radius 2 is 1.70 bits per heavy atom. The van der Waals surface area contributed by atoms with Gasteiger partial charge in [0.2, 0.25) is 11.8 Å². The van der Waals surface area contributed by atoms with Gasteiger partial charge in [0.05, 0.1) is 19.0 Å². The molecule has 0 unspecified atom stereocenters. The molecule has 7 heteroatoms. The van der Waals surface area contributed by atoms with Crippen LogP contribution >= 0.6 is 11.8 Å². The van der Waals surface area contributed by atoms with Crippen LogP contribution in [0.25, 0.3) is 22.2 Å². The molecule has 0 aliphatic rings. The second-order valence-corrected chi connectivity index (χ2v) is 9.01. The monoisotopic (exact) mass is 463 g/mol. The summed E-state index contributed by atoms with van der Waals surface area (Å²) in [6.45, 7) is 2.33. The van der Waals surface area contributed by atoms with E-state index in [1.54, 1.807) is 11.8 Å². The average Bonchev–Trinajstić information content (AvgIpc) is 3.31. The van der Waals surface area contributed by atoms with Gasteiger partial charge in [0, 0.05) is 23.2 Å². The van der Waals surface area contributed by atoms with Crippen molar-refractivity contribution in [3.63, 3.8) is 0 Å². The first-order chi connectivity index (χ1) is 16.2. The van der Waals surface area contributed by atoms with Gasteiger partial charge in [0.1, 0.15) is 11.5 Å². The van der Waals surface area contributed by atoms with Gasteiger partial charge in [-0.3, -0.25) is 0 Å². The number of fused-ring (bicyclic) bond motifs is 1. The third-order valence-electron chi connectivity index (χ3n) is 5.05. The standard InChI is InChI=1S/C26H29N3O3S/c1-29(2)15-6-16-30-22-13-11-21(12-14-22)26-28-27-25(32-26)19-33-18-17-31-24-10-5-8-20-7-3-4-9-23(20)24/h3-5,7-14H,6,15-19H2,1-2H3. The molecule has 4 aromatic rings. The Labute approximate surface area is 198 Å². The highest BCUT2D eigenvalue weighted by Crippen LogP contribution is 2.26. The van der Waals surface area contributed by atoms with E-state index in [9.17, 15) is 0 Å². The Kier molecular flexibility index (Phi) is 8.22. The molecule has 33 heavy (non-hydrogen) atoms. The maximum absolute atomic E-state index is 5.99. The molecule has 0 spiro atoms. The second-order valence-electron chi connectivity index (χ2n) is 7.91. The third kappa shape index (κ3) is 6.73. The van der Waals surface area contributed by atoms with E-state index in [1.807, 2.05) is 48.5 Å². The van der Waals surface area contributed by atoms with E-state index in [1.165, 1.54) is 5.39 Å². The fourth-order valence-corrected chi connectivity index (χ4v) is 4.02. The van der Waals surface area contributed by atoms with Gasteiger partial charge in [0.15, 0.2) is 0 Å². The van der Waals surface area contributed by atoms with Crippen molar-refractivity contribution in [2.45, 2.75) is 12.2 Å². The van der Waals surface area contributed by atoms with Crippen LogP contribution in [0.3, 0.4) is 0 Å². The van der Waals surface area contributed by atoms with Gasteiger partial charge in [-0.25, -0.2) is 0 Å². The van der Waals surface area contributed by atoms with Gasteiger partial charge in [-0.15, -0.1) is 22.0 Å². The SMILES string of the molecule is CN(C)CCCOc1ccc(-c2nnc(CSCCOc3cccc4ccccc34)o2)cc1. The minimum atomic E-state index is 0.525. The summed E-state index contributed by atoms with van der Waals surface area (Å²) in [5.41, 5.74) is 0.888. The van der Waals surface area contributed by atoms with Gasteiger partial charge in [-0.05, 0) is 56.2 Å². The molecule has 0 aliphatic carbocycles. The maximum Gasteiger partial charge on any atom is 0.247 e. The molecular formula is C26H29N3O3S. The molecule has 6 nitrogen and oxygen atoms in total. The van der Waals surface area contributed by atoms with Gasteiger partial charge >= 0.3 is 0 Å². The molecule has 1 aromatic heterocycles. The van der Waals surface area contributed by atoms with E-state index >= 15 is 0 Å². The topological polar surface area (TPSA) is 60.6 Å². The van der Waals surface area contributed by atoms with Gasteiger partial charge in [-0.2, -0.15) is 0 Å². The Balaban J connectivity index is 1.20. The van der Waals surface area contributed by atoms with Crippen LogP contribution < -0.4 is 9.47 Å². The Bertz CT molecular complexity index is 1140. The summed E-state index contributed by atoms with van der Waals surface area (Å²) >= 11 is 1.71. The highest BCUT2D eigenvalue weighted by atomic mass is 32.2. The first-order valence-electron chi connectivity index (χ1n) is 11.1. The highest BCUT2D eigenvalue weighted by Gasteiger charge is 2.09. The maximum atomic E-state index is 5.99. The fourth-order valence-electron chi connectivity index (χ4n) is 3.38. The molecule has 0 N–H and O–H groups in total. The van der Waals surface area contributed by atoms with E-state index in [0.29, 0.717) is 30.7 Å². The summed E-state index contributed by atoms with van der Waals surface area (Å²) in [7, 11) is 4.12. The van der Waals surface area contributed by atoms with Crippen molar-refractivity contribution in [3.8, 4) is 23.0 Å². The molecule has 0 radical (unpaired) electrons. The largest absolute Gasteiger partial charge is 0.494 e. The molecule has 0 bridgehead atoms. The number of hydrogen-bond donors (Lipinski definition) is 0. The number of ether oxygens (including phenoxy) is 2. The predicted molar refractivity (Wildman–Crippen MR) is 134 cm³/mol. The summed E-state index contributed by atoms with van der Waals surface area (Å²) in [6.07, 6.45) is 0.992. The summed E-state index contributed by atoms with van der Waals surface area (Å²) < 4.78 is 17.6. The van der Waals surface area contributed by atoms with Crippen LogP contribution in [0.4, 0.5) is 0 Å². The van der Waals surface area contributed by atoms with Crippen LogP contribution in [0.1, 0.15) is 12.3 Å². The van der Waals surface area contributed by atoms with Crippen LogP contribution in [0.15, 0.2) is 71.1 Å². The zero-order valence-electron chi connectivity index (χ0n) is 19.1. The number of thioether (sulfide) groups is 1. The van der Waals surface area contributed by atoms with Crippen molar-refractivity contribution in [1.82, 2.24) is 15.1 Å². The number of hydrogen-bond acceptors (Lipinski definition) is 7. The van der Waals surface area contributed by atoms with Crippen LogP contribution in [-0.2, 0) is 5.75 Å². The smallest absolute Gasteiger partial charge is 0.247 e. The van der Waals surface area contributed by atoms with Crippen molar-refractivity contribution in [2.75, 3.05) is 39.6 Å². The lowest BCUT2D eigenvalue weighted by Gasteiger charge is -2.10. The molecule has 0 atom stereocenters. The van der Waals surface area contributed by atoms with Crippen molar-refractivity contribution in [2.24, 2.45) is 0 Å². The predicted octanol–water partition coefficient (Wildman–Crippen LogP) is 5.53. The lowest BCUT2D eigenvalue weighted by atomic mass is 10.1. The van der Waals surface area contributed by atoms with Crippen LogP contribution in [-0.4, -0.2) is 54.7 Å². The fraction of sp³-hybridized carbons (Fsp3) is 0.308. The van der Waals surface area contributed by atoms with Crippen molar-refractivity contribution < 1.29 is 13.9 Å². The first-order valence-corrected chi connectivity index (χ1v) is 12.2. The van der Waals surface area contributed by atoms with E-state index < -0.39 is 0 Å². The molecule has 1 heterocycles. The zero-order valence-corrected chi connectivity index (χ0v) is 19.9. The van der Waals surface area contributed by atoms with Crippen molar-refractivity contribution in [3.05, 3.63) is 72.6 Å². The van der Waals surface area contributed by atoms with Gasteiger partial charge in [0.25, 0.3) is 0 Å². The van der Waals surface area contributed by atoms with Gasteiger partial charge < -0.3 is 18.8 Å². The molecule has 172 valence electrons. The molecular weight excluding hydrogens is 434 g/mol. The zero-order chi connectivity index (χ0) is 22.9. The Morgan fingerprint density at radius 1 is 0.879 bits per heavy atom. The minimum Gasteiger partial charge on any atom is -0.494 e. The third-order valence-corrected chi connectivity index (χ3v) is 5.95. The molecule has 0 saturated heterocycles. The van der Waals surface area contributed by atoms with E-state index in [-0.39, 0.29) is 0 Å². The number of benzene rings is 3. The molecule has 0 aliphatic heterocycles. The molecule has 4 rings (SSSR count). The average molecular weight is 464 g/mol. The molecule has 0 saturated carbocycles. The van der Waals surface area contributed by atoms with Crippen LogP contribution in [0.5, 0.6) is 11.5 Å². The van der Waals surface area contributed by atoms with E-state index in [2.05, 4.69) is 47.4 Å². The Hall–Kier alpha value is -3.03. The summed E-state index contributed by atoms with van der Waals surface area (Å²) in [4.78, 5) is 2.15. The summed E-state index contributed by atoms with van der Waals surface area (Å²) in [5.74, 6) is 4.39. The molecule has 3 aromatic carbocycles. The molecule has 0 fully saturated rings. The number of rotatable bonds is 12. The Morgan fingerprint density at radius 3 is 2.55 bits per heavy atom. The lowest BCUT2D eigenvalue weighted by molar-refractivity contribution is 0.281.